The molecule has 0 aromatic heterocycles. The molecule has 0 spiro atoms. The lowest BCUT2D eigenvalue weighted by molar-refractivity contribution is -0.105. The van der Waals surface area contributed by atoms with Gasteiger partial charge in [0.2, 0.25) is 6.41 Å². The Bertz CT molecular complexity index is 868. The number of amides is 2. The van der Waals surface area contributed by atoms with Gasteiger partial charge in [-0.05, 0) is 67.5 Å². The summed E-state index contributed by atoms with van der Waals surface area (Å²) in [4.78, 5) is 25.6. The molecule has 1 N–H and O–H groups in total. The van der Waals surface area contributed by atoms with Crippen molar-refractivity contribution in [2.45, 2.75) is 32.1 Å². The van der Waals surface area contributed by atoms with Crippen LogP contribution in [0.1, 0.15) is 52.2 Å². The van der Waals surface area contributed by atoms with E-state index in [1.54, 1.807) is 6.07 Å². The number of likely N-dealkylation sites (tertiary alicyclic amines) is 1. The minimum Gasteiger partial charge on any atom is -0.339 e. The van der Waals surface area contributed by atoms with E-state index < -0.39 is 0 Å². The number of nitrogens with zero attached hydrogens (tertiary/aromatic N) is 2. The van der Waals surface area contributed by atoms with Crippen LogP contribution in [0.25, 0.3) is 0 Å². The van der Waals surface area contributed by atoms with Crippen LogP contribution in [0.2, 0.25) is 0 Å². The highest BCUT2D eigenvalue weighted by Gasteiger charge is 2.23. The van der Waals surface area contributed by atoms with E-state index in [-0.39, 0.29) is 5.91 Å². The summed E-state index contributed by atoms with van der Waals surface area (Å²) in [6.45, 7) is 3.33. The van der Waals surface area contributed by atoms with Crippen molar-refractivity contribution < 1.29 is 9.59 Å². The SMILES string of the molecule is Cc1ccc(C(=O)N2CCCC(c3ccc(C#N)cc3)CC2)cc1NC=O. The van der Waals surface area contributed by atoms with Crippen LogP contribution in [0.5, 0.6) is 0 Å². The average Bonchev–Trinajstić information content (AvgIpc) is 2.95. The quantitative estimate of drug-likeness (QED) is 0.841. The van der Waals surface area contributed by atoms with Crippen molar-refractivity contribution in [1.82, 2.24) is 4.90 Å². The molecule has 1 atom stereocenters. The van der Waals surface area contributed by atoms with Crippen molar-refractivity contribution in [2.24, 2.45) is 0 Å². The molecule has 27 heavy (non-hydrogen) atoms. The number of nitriles is 1. The number of nitrogens with one attached hydrogen (secondary N) is 1. The minimum absolute atomic E-state index is 0.00410. The summed E-state index contributed by atoms with van der Waals surface area (Å²) < 4.78 is 0. The normalized spacial score (nSPS) is 16.9. The molecule has 3 rings (SSSR count). The summed E-state index contributed by atoms with van der Waals surface area (Å²) in [7, 11) is 0. The van der Waals surface area contributed by atoms with Crippen LogP contribution in [0.4, 0.5) is 5.69 Å². The highest BCUT2D eigenvalue weighted by Crippen LogP contribution is 2.29. The Hall–Kier alpha value is -3.13. The number of hydrogen-bond donors (Lipinski definition) is 1. The molecule has 1 aliphatic rings. The highest BCUT2D eigenvalue weighted by molar-refractivity contribution is 5.96. The van der Waals surface area contributed by atoms with Gasteiger partial charge in [0.05, 0.1) is 11.6 Å². The number of carbonyl (C=O) groups excluding carboxylic acids is 2. The van der Waals surface area contributed by atoms with E-state index in [2.05, 4.69) is 11.4 Å². The van der Waals surface area contributed by atoms with E-state index >= 15 is 0 Å². The zero-order valence-corrected chi connectivity index (χ0v) is 15.4. The third-order valence-corrected chi connectivity index (χ3v) is 5.23. The number of anilines is 1. The molecule has 1 aliphatic heterocycles. The van der Waals surface area contributed by atoms with E-state index in [0.29, 0.717) is 35.7 Å². The highest BCUT2D eigenvalue weighted by atomic mass is 16.2. The maximum absolute atomic E-state index is 12.9. The first kappa shape index (κ1) is 18.7. The zero-order chi connectivity index (χ0) is 19.2. The number of rotatable bonds is 4. The fourth-order valence-corrected chi connectivity index (χ4v) is 3.62. The van der Waals surface area contributed by atoms with Gasteiger partial charge in [0.15, 0.2) is 0 Å². The molecule has 5 heteroatoms. The van der Waals surface area contributed by atoms with E-state index in [1.165, 1.54) is 5.56 Å². The maximum Gasteiger partial charge on any atom is 0.253 e. The summed E-state index contributed by atoms with van der Waals surface area (Å²) >= 11 is 0. The summed E-state index contributed by atoms with van der Waals surface area (Å²) in [6, 6.07) is 15.3. The molecule has 0 radical (unpaired) electrons. The number of hydrogen-bond acceptors (Lipinski definition) is 3. The molecule has 138 valence electrons. The van der Waals surface area contributed by atoms with Gasteiger partial charge in [0.25, 0.3) is 5.91 Å². The van der Waals surface area contributed by atoms with Crippen molar-refractivity contribution in [3.05, 3.63) is 64.7 Å². The van der Waals surface area contributed by atoms with E-state index in [4.69, 9.17) is 5.26 Å². The average molecular weight is 361 g/mol. The fourth-order valence-electron chi connectivity index (χ4n) is 3.62. The molecule has 2 aromatic rings. The summed E-state index contributed by atoms with van der Waals surface area (Å²) in [5.74, 6) is 0.408. The van der Waals surface area contributed by atoms with Gasteiger partial charge in [-0.2, -0.15) is 5.26 Å². The van der Waals surface area contributed by atoms with Gasteiger partial charge in [-0.25, -0.2) is 0 Å². The van der Waals surface area contributed by atoms with Crippen LogP contribution in [0.3, 0.4) is 0 Å². The lowest BCUT2D eigenvalue weighted by Crippen LogP contribution is -2.32. The molecular formula is C22H23N3O2. The van der Waals surface area contributed by atoms with Gasteiger partial charge in [-0.3, -0.25) is 9.59 Å². The van der Waals surface area contributed by atoms with Gasteiger partial charge < -0.3 is 10.2 Å². The van der Waals surface area contributed by atoms with Gasteiger partial charge in [0, 0.05) is 24.3 Å². The maximum atomic E-state index is 12.9. The molecule has 2 aromatic carbocycles. The zero-order valence-electron chi connectivity index (χ0n) is 15.4. The smallest absolute Gasteiger partial charge is 0.253 e. The predicted molar refractivity (Wildman–Crippen MR) is 105 cm³/mol. The van der Waals surface area contributed by atoms with E-state index in [0.717, 1.165) is 31.4 Å². The number of aryl methyl sites for hydroxylation is 1. The number of benzene rings is 2. The topological polar surface area (TPSA) is 73.2 Å². The molecular weight excluding hydrogens is 338 g/mol. The van der Waals surface area contributed by atoms with Crippen molar-refractivity contribution in [3.63, 3.8) is 0 Å². The van der Waals surface area contributed by atoms with Gasteiger partial charge in [0.1, 0.15) is 0 Å². The van der Waals surface area contributed by atoms with Crippen LogP contribution >= 0.6 is 0 Å². The van der Waals surface area contributed by atoms with E-state index in [1.807, 2.05) is 48.2 Å². The molecule has 1 saturated heterocycles. The Balaban J connectivity index is 1.70. The first-order chi connectivity index (χ1) is 13.1. The molecule has 1 unspecified atom stereocenters. The Labute approximate surface area is 159 Å². The molecule has 1 fully saturated rings. The first-order valence-electron chi connectivity index (χ1n) is 9.22. The van der Waals surface area contributed by atoms with Crippen molar-refractivity contribution in [1.29, 1.82) is 5.26 Å². The van der Waals surface area contributed by atoms with Crippen LogP contribution in [0.15, 0.2) is 42.5 Å². The first-order valence-corrected chi connectivity index (χ1v) is 9.22. The summed E-state index contributed by atoms with van der Waals surface area (Å²) in [5.41, 5.74) is 4.10. The molecule has 0 saturated carbocycles. The minimum atomic E-state index is 0.00410. The van der Waals surface area contributed by atoms with Gasteiger partial charge in [-0.15, -0.1) is 0 Å². The molecule has 0 aliphatic carbocycles. The monoisotopic (exact) mass is 361 g/mol. The van der Waals surface area contributed by atoms with Gasteiger partial charge >= 0.3 is 0 Å². The lowest BCUT2D eigenvalue weighted by atomic mass is 9.91. The number of carbonyl (C=O) groups is 2. The molecule has 0 bridgehead atoms. The second kappa shape index (κ2) is 8.50. The standard InChI is InChI=1S/C22H23N3O2/c1-16-4-7-20(13-21(16)24-15-26)22(27)25-11-2-3-18(10-12-25)19-8-5-17(14-23)6-9-19/h4-9,13,15,18H,2-3,10-12H2,1H3,(H,24,26). The second-order valence-electron chi connectivity index (χ2n) is 6.95. The third kappa shape index (κ3) is 4.35. The molecule has 1 heterocycles. The van der Waals surface area contributed by atoms with Crippen molar-refractivity contribution in [2.75, 3.05) is 18.4 Å². The third-order valence-electron chi connectivity index (χ3n) is 5.23. The largest absolute Gasteiger partial charge is 0.339 e. The summed E-state index contributed by atoms with van der Waals surface area (Å²) in [5, 5.41) is 11.6. The van der Waals surface area contributed by atoms with Crippen LogP contribution in [0, 0.1) is 18.3 Å². The van der Waals surface area contributed by atoms with E-state index in [9.17, 15) is 9.59 Å². The lowest BCUT2D eigenvalue weighted by Gasteiger charge is -2.21. The molecule has 5 nitrogen and oxygen atoms in total. The Morgan fingerprint density at radius 2 is 1.96 bits per heavy atom. The van der Waals surface area contributed by atoms with Crippen LogP contribution in [-0.2, 0) is 4.79 Å². The van der Waals surface area contributed by atoms with Crippen LogP contribution < -0.4 is 5.32 Å². The predicted octanol–water partition coefficient (Wildman–Crippen LogP) is 3.84. The second-order valence-corrected chi connectivity index (χ2v) is 6.95. The Morgan fingerprint density at radius 3 is 2.67 bits per heavy atom. The van der Waals surface area contributed by atoms with Crippen LogP contribution in [-0.4, -0.2) is 30.3 Å². The van der Waals surface area contributed by atoms with Crippen molar-refractivity contribution >= 4 is 18.0 Å². The molecule has 2 amide bonds. The fraction of sp³-hybridized carbons (Fsp3) is 0.318. The Kier molecular flexibility index (Phi) is 5.87. The van der Waals surface area contributed by atoms with Gasteiger partial charge in [-0.1, -0.05) is 18.2 Å². The summed E-state index contributed by atoms with van der Waals surface area (Å²) in [6.07, 6.45) is 3.51. The Morgan fingerprint density at radius 1 is 1.19 bits per heavy atom. The van der Waals surface area contributed by atoms with Crippen molar-refractivity contribution in [3.8, 4) is 6.07 Å².